The number of aryl methyl sites for hydroxylation is 1. The molecule has 1 fully saturated rings. The van der Waals surface area contributed by atoms with Crippen LogP contribution in [0.25, 0.3) is 11.3 Å². The molecule has 1 aliphatic rings. The number of benzene rings is 1. The van der Waals surface area contributed by atoms with Crippen molar-refractivity contribution in [3.63, 3.8) is 0 Å². The summed E-state index contributed by atoms with van der Waals surface area (Å²) in [6.07, 6.45) is 3.53. The molecule has 1 aromatic carbocycles. The lowest BCUT2D eigenvalue weighted by Crippen LogP contribution is -2.43. The molecular formula is C21H24FN7O. The Balaban J connectivity index is 1.63. The van der Waals surface area contributed by atoms with Crippen LogP contribution in [0, 0.1) is 5.82 Å². The number of carbonyl (C=O) groups is 1. The summed E-state index contributed by atoms with van der Waals surface area (Å²) in [5.74, 6) is -0.124. The Morgan fingerprint density at radius 1 is 1.27 bits per heavy atom. The van der Waals surface area contributed by atoms with E-state index in [1.165, 1.54) is 6.07 Å². The SMILES string of the molecule is Cn1ncc(NC(=O)c2nc(-c3ccccc3F)ccc2N)c1N1CCC[C@H](N)C1. The highest BCUT2D eigenvalue weighted by Crippen LogP contribution is 2.29. The number of aromatic nitrogens is 3. The molecule has 1 saturated heterocycles. The number of nitrogens with two attached hydrogens (primary N) is 2. The number of nitrogens with one attached hydrogen (secondary N) is 1. The Bertz CT molecular complexity index is 1080. The van der Waals surface area contributed by atoms with E-state index in [1.807, 2.05) is 7.05 Å². The van der Waals surface area contributed by atoms with Crippen molar-refractivity contribution >= 4 is 23.1 Å². The van der Waals surface area contributed by atoms with Gasteiger partial charge in [0.2, 0.25) is 0 Å². The molecule has 0 aliphatic carbocycles. The number of carbonyl (C=O) groups excluding carboxylic acids is 1. The second-order valence-electron chi connectivity index (χ2n) is 7.42. The molecular weight excluding hydrogens is 385 g/mol. The highest BCUT2D eigenvalue weighted by Gasteiger charge is 2.24. The zero-order valence-electron chi connectivity index (χ0n) is 16.7. The zero-order valence-corrected chi connectivity index (χ0v) is 16.7. The summed E-state index contributed by atoms with van der Waals surface area (Å²) < 4.78 is 15.9. The molecule has 8 nitrogen and oxygen atoms in total. The lowest BCUT2D eigenvalue weighted by atomic mass is 10.1. The average molecular weight is 409 g/mol. The molecule has 1 aliphatic heterocycles. The van der Waals surface area contributed by atoms with Gasteiger partial charge in [0.05, 0.1) is 17.6 Å². The summed E-state index contributed by atoms with van der Waals surface area (Å²) in [6, 6.07) is 9.48. The van der Waals surface area contributed by atoms with Crippen LogP contribution in [0.15, 0.2) is 42.6 Å². The number of pyridine rings is 1. The third-order valence-corrected chi connectivity index (χ3v) is 5.20. The van der Waals surface area contributed by atoms with Gasteiger partial charge in [0, 0.05) is 31.7 Å². The molecule has 30 heavy (non-hydrogen) atoms. The molecule has 9 heteroatoms. The smallest absolute Gasteiger partial charge is 0.276 e. The maximum absolute atomic E-state index is 14.2. The Morgan fingerprint density at radius 2 is 2.07 bits per heavy atom. The van der Waals surface area contributed by atoms with E-state index in [9.17, 15) is 9.18 Å². The predicted octanol–water partition coefficient (Wildman–Crippen LogP) is 2.38. The number of amides is 1. The molecule has 0 spiro atoms. The van der Waals surface area contributed by atoms with E-state index in [0.717, 1.165) is 25.2 Å². The van der Waals surface area contributed by atoms with E-state index >= 15 is 0 Å². The van der Waals surface area contributed by atoms with Crippen LogP contribution in [0.2, 0.25) is 0 Å². The molecule has 0 unspecified atom stereocenters. The molecule has 3 heterocycles. The molecule has 156 valence electrons. The maximum Gasteiger partial charge on any atom is 0.276 e. The number of nitrogens with zero attached hydrogens (tertiary/aromatic N) is 4. The van der Waals surface area contributed by atoms with E-state index in [2.05, 4.69) is 20.3 Å². The Kier molecular flexibility index (Phi) is 5.37. The summed E-state index contributed by atoms with van der Waals surface area (Å²) in [7, 11) is 1.82. The molecule has 4 rings (SSSR count). The van der Waals surface area contributed by atoms with Crippen molar-refractivity contribution in [3.05, 3.63) is 54.1 Å². The van der Waals surface area contributed by atoms with E-state index < -0.39 is 11.7 Å². The van der Waals surface area contributed by atoms with Crippen molar-refractivity contribution in [2.45, 2.75) is 18.9 Å². The van der Waals surface area contributed by atoms with Gasteiger partial charge in [-0.2, -0.15) is 5.10 Å². The molecule has 1 atom stereocenters. The van der Waals surface area contributed by atoms with Gasteiger partial charge in [0.25, 0.3) is 5.91 Å². The zero-order chi connectivity index (χ0) is 21.3. The molecule has 0 radical (unpaired) electrons. The van der Waals surface area contributed by atoms with Crippen LogP contribution < -0.4 is 21.7 Å². The van der Waals surface area contributed by atoms with Crippen molar-refractivity contribution < 1.29 is 9.18 Å². The number of halogens is 1. The first-order chi connectivity index (χ1) is 14.4. The van der Waals surface area contributed by atoms with Crippen molar-refractivity contribution in [2.75, 3.05) is 29.0 Å². The third-order valence-electron chi connectivity index (χ3n) is 5.20. The first-order valence-corrected chi connectivity index (χ1v) is 9.79. The van der Waals surface area contributed by atoms with E-state index in [4.69, 9.17) is 11.5 Å². The fraction of sp³-hybridized carbons (Fsp3) is 0.286. The van der Waals surface area contributed by atoms with Gasteiger partial charge in [-0.05, 0) is 37.1 Å². The van der Waals surface area contributed by atoms with Crippen LogP contribution in [-0.2, 0) is 7.05 Å². The van der Waals surface area contributed by atoms with E-state index in [0.29, 0.717) is 23.5 Å². The minimum absolute atomic E-state index is 0.0286. The summed E-state index contributed by atoms with van der Waals surface area (Å²) in [4.78, 5) is 19.4. The fourth-order valence-electron chi connectivity index (χ4n) is 3.75. The van der Waals surface area contributed by atoms with Gasteiger partial charge >= 0.3 is 0 Å². The van der Waals surface area contributed by atoms with Gasteiger partial charge in [-0.25, -0.2) is 9.37 Å². The monoisotopic (exact) mass is 409 g/mol. The van der Waals surface area contributed by atoms with Crippen LogP contribution in [-0.4, -0.2) is 39.8 Å². The summed E-state index contributed by atoms with van der Waals surface area (Å²) in [5.41, 5.74) is 13.5. The molecule has 3 aromatic rings. The second-order valence-corrected chi connectivity index (χ2v) is 7.42. The van der Waals surface area contributed by atoms with Crippen molar-refractivity contribution in [2.24, 2.45) is 12.8 Å². The molecule has 2 aromatic heterocycles. The van der Waals surface area contributed by atoms with Gasteiger partial charge in [-0.15, -0.1) is 0 Å². The maximum atomic E-state index is 14.2. The second kappa shape index (κ2) is 8.11. The molecule has 0 bridgehead atoms. The number of piperidine rings is 1. The fourth-order valence-corrected chi connectivity index (χ4v) is 3.75. The highest BCUT2D eigenvalue weighted by atomic mass is 19.1. The first kappa shape index (κ1) is 19.8. The average Bonchev–Trinajstić information content (AvgIpc) is 3.09. The Morgan fingerprint density at radius 3 is 2.83 bits per heavy atom. The van der Waals surface area contributed by atoms with Crippen LogP contribution in [0.3, 0.4) is 0 Å². The topological polar surface area (TPSA) is 115 Å². The van der Waals surface area contributed by atoms with Crippen molar-refractivity contribution in [1.29, 1.82) is 0 Å². The van der Waals surface area contributed by atoms with Crippen molar-refractivity contribution in [1.82, 2.24) is 14.8 Å². The number of nitrogen functional groups attached to an aromatic ring is 1. The normalized spacial score (nSPS) is 16.5. The largest absolute Gasteiger partial charge is 0.397 e. The number of hydrogen-bond donors (Lipinski definition) is 3. The van der Waals surface area contributed by atoms with Gasteiger partial charge < -0.3 is 21.7 Å². The quantitative estimate of drug-likeness (QED) is 0.609. The van der Waals surface area contributed by atoms with Gasteiger partial charge in [0.1, 0.15) is 11.5 Å². The molecule has 5 N–H and O–H groups in total. The highest BCUT2D eigenvalue weighted by molar-refractivity contribution is 6.07. The molecule has 1 amide bonds. The van der Waals surface area contributed by atoms with Crippen LogP contribution in [0.4, 0.5) is 21.6 Å². The Hall–Kier alpha value is -3.46. The summed E-state index contributed by atoms with van der Waals surface area (Å²) in [6.45, 7) is 1.52. The van der Waals surface area contributed by atoms with Gasteiger partial charge in [-0.3, -0.25) is 9.48 Å². The van der Waals surface area contributed by atoms with Gasteiger partial charge in [0.15, 0.2) is 11.5 Å². The summed E-state index contributed by atoms with van der Waals surface area (Å²) in [5, 5.41) is 7.13. The third kappa shape index (κ3) is 3.84. The Labute approximate surface area is 173 Å². The standard InChI is InChI=1S/C21H24FN7O/c1-28-21(29-10-4-5-13(23)12-29)18(11-25-28)27-20(30)19-16(24)8-9-17(26-19)14-6-2-3-7-15(14)22/h2-3,6-9,11,13H,4-5,10,12,23-24H2,1H3,(H,27,30)/t13-/m0/s1. The first-order valence-electron chi connectivity index (χ1n) is 9.79. The number of anilines is 3. The number of hydrogen-bond acceptors (Lipinski definition) is 6. The van der Waals surface area contributed by atoms with Crippen LogP contribution in [0.5, 0.6) is 0 Å². The summed E-state index contributed by atoms with van der Waals surface area (Å²) >= 11 is 0. The van der Waals surface area contributed by atoms with Crippen molar-refractivity contribution in [3.8, 4) is 11.3 Å². The number of rotatable bonds is 4. The minimum atomic E-state index is -0.485. The predicted molar refractivity (Wildman–Crippen MR) is 115 cm³/mol. The van der Waals surface area contributed by atoms with Crippen LogP contribution >= 0.6 is 0 Å². The molecule has 0 saturated carbocycles. The van der Waals surface area contributed by atoms with Gasteiger partial charge in [-0.1, -0.05) is 12.1 Å². The van der Waals surface area contributed by atoms with E-state index in [1.54, 1.807) is 41.2 Å². The van der Waals surface area contributed by atoms with Crippen LogP contribution in [0.1, 0.15) is 23.3 Å². The minimum Gasteiger partial charge on any atom is -0.397 e. The lowest BCUT2D eigenvalue weighted by Gasteiger charge is -2.32. The lowest BCUT2D eigenvalue weighted by molar-refractivity contribution is 0.102. The van der Waals surface area contributed by atoms with E-state index in [-0.39, 0.29) is 17.4 Å².